The van der Waals surface area contributed by atoms with Crippen LogP contribution in [-0.4, -0.2) is 21.5 Å². The molecule has 0 bridgehead atoms. The maximum absolute atomic E-state index is 13.9. The fraction of sp³-hybridized carbons (Fsp3) is 0.0714. The first-order chi connectivity index (χ1) is 10.7. The van der Waals surface area contributed by atoms with E-state index in [2.05, 4.69) is 9.46 Å². The van der Waals surface area contributed by atoms with Crippen LogP contribution in [0.2, 0.25) is 10.0 Å². The summed E-state index contributed by atoms with van der Waals surface area (Å²) >= 11 is 11.6. The largest absolute Gasteiger partial charge is 0.465 e. The Kier molecular flexibility index (Phi) is 5.13. The molecule has 1 N–H and O–H groups in total. The number of esters is 1. The van der Waals surface area contributed by atoms with Crippen molar-refractivity contribution in [3.63, 3.8) is 0 Å². The molecular weight excluding hydrogens is 368 g/mol. The molecule has 0 saturated carbocycles. The number of hydrogen-bond donors (Lipinski definition) is 1. The molecule has 2 aromatic rings. The Labute approximate surface area is 142 Å². The molecule has 0 atom stereocenters. The normalized spacial score (nSPS) is 11.1. The zero-order valence-electron chi connectivity index (χ0n) is 11.6. The van der Waals surface area contributed by atoms with E-state index in [1.54, 1.807) is 0 Å². The summed E-state index contributed by atoms with van der Waals surface area (Å²) in [5.41, 5.74) is -0.0737. The Morgan fingerprint density at radius 2 is 1.87 bits per heavy atom. The van der Waals surface area contributed by atoms with Gasteiger partial charge in [-0.15, -0.1) is 0 Å². The van der Waals surface area contributed by atoms with Gasteiger partial charge in [0.1, 0.15) is 10.7 Å². The highest BCUT2D eigenvalue weighted by Crippen LogP contribution is 2.28. The van der Waals surface area contributed by atoms with Crippen molar-refractivity contribution >= 4 is 44.9 Å². The molecule has 2 aromatic carbocycles. The Morgan fingerprint density at radius 3 is 2.48 bits per heavy atom. The number of halogens is 3. The summed E-state index contributed by atoms with van der Waals surface area (Å²) in [6, 6.07) is 6.96. The molecule has 9 heteroatoms. The SMILES string of the molecule is COC(=O)c1ccc(F)c(S(=O)(=O)Nc2ccc(Cl)cc2Cl)c1. The zero-order valence-corrected chi connectivity index (χ0v) is 14.0. The van der Waals surface area contributed by atoms with Gasteiger partial charge < -0.3 is 4.74 Å². The molecule has 122 valence electrons. The molecule has 0 radical (unpaired) electrons. The van der Waals surface area contributed by atoms with Crippen LogP contribution in [0.4, 0.5) is 10.1 Å². The maximum Gasteiger partial charge on any atom is 0.337 e. The molecule has 0 fully saturated rings. The third-order valence-corrected chi connectivity index (χ3v) is 4.75. The lowest BCUT2D eigenvalue weighted by Gasteiger charge is -2.11. The van der Waals surface area contributed by atoms with E-state index in [0.717, 1.165) is 25.3 Å². The number of sulfonamides is 1. The summed E-state index contributed by atoms with van der Waals surface area (Å²) in [5.74, 6) is -1.80. The molecule has 0 aliphatic carbocycles. The lowest BCUT2D eigenvalue weighted by molar-refractivity contribution is 0.0600. The van der Waals surface area contributed by atoms with E-state index in [4.69, 9.17) is 23.2 Å². The number of carbonyl (C=O) groups is 1. The van der Waals surface area contributed by atoms with Crippen molar-refractivity contribution in [3.05, 3.63) is 57.8 Å². The van der Waals surface area contributed by atoms with Crippen molar-refractivity contribution in [1.82, 2.24) is 0 Å². The van der Waals surface area contributed by atoms with Gasteiger partial charge in [0, 0.05) is 5.02 Å². The molecule has 0 aliphatic rings. The van der Waals surface area contributed by atoms with Crippen LogP contribution >= 0.6 is 23.2 Å². The molecule has 2 rings (SSSR count). The molecule has 0 aromatic heterocycles. The highest BCUT2D eigenvalue weighted by molar-refractivity contribution is 7.92. The fourth-order valence-electron chi connectivity index (χ4n) is 1.73. The number of methoxy groups -OCH3 is 1. The number of nitrogens with one attached hydrogen (secondary N) is 1. The third-order valence-electron chi connectivity index (χ3n) is 2.82. The maximum atomic E-state index is 13.9. The van der Waals surface area contributed by atoms with Gasteiger partial charge in [0.15, 0.2) is 0 Å². The Hall–Kier alpha value is -1.83. The third kappa shape index (κ3) is 3.93. The van der Waals surface area contributed by atoms with Gasteiger partial charge in [-0.1, -0.05) is 23.2 Å². The molecule has 23 heavy (non-hydrogen) atoms. The van der Waals surface area contributed by atoms with Crippen LogP contribution in [0, 0.1) is 5.82 Å². The minimum atomic E-state index is -4.30. The van der Waals surface area contributed by atoms with Gasteiger partial charge in [0.05, 0.1) is 23.4 Å². The summed E-state index contributed by atoms with van der Waals surface area (Å²) in [7, 11) is -3.17. The molecule has 0 saturated heterocycles. The topological polar surface area (TPSA) is 72.5 Å². The van der Waals surface area contributed by atoms with E-state index in [0.29, 0.717) is 5.02 Å². The smallest absolute Gasteiger partial charge is 0.337 e. The van der Waals surface area contributed by atoms with E-state index >= 15 is 0 Å². The predicted molar refractivity (Wildman–Crippen MR) is 85.0 cm³/mol. The van der Waals surface area contributed by atoms with Gasteiger partial charge in [-0.05, 0) is 36.4 Å². The average Bonchev–Trinajstić information content (AvgIpc) is 2.49. The van der Waals surface area contributed by atoms with Crippen molar-refractivity contribution < 1.29 is 22.3 Å². The molecule has 5 nitrogen and oxygen atoms in total. The lowest BCUT2D eigenvalue weighted by Crippen LogP contribution is -2.16. The first-order valence-electron chi connectivity index (χ1n) is 6.10. The minimum absolute atomic E-state index is 0.0268. The van der Waals surface area contributed by atoms with E-state index < -0.39 is 26.7 Å². The lowest BCUT2D eigenvalue weighted by atomic mass is 10.2. The minimum Gasteiger partial charge on any atom is -0.465 e. The van der Waals surface area contributed by atoms with Gasteiger partial charge in [-0.25, -0.2) is 17.6 Å². The number of benzene rings is 2. The van der Waals surface area contributed by atoms with Crippen LogP contribution in [-0.2, 0) is 14.8 Å². The van der Waals surface area contributed by atoms with Crippen molar-refractivity contribution in [2.45, 2.75) is 4.90 Å². The monoisotopic (exact) mass is 377 g/mol. The summed E-state index contributed by atoms with van der Waals surface area (Å²) in [5, 5.41) is 0.363. The number of carbonyl (C=O) groups excluding carboxylic acids is 1. The average molecular weight is 378 g/mol. The summed E-state index contributed by atoms with van der Waals surface area (Å²) < 4.78 is 45.2. The molecule has 0 heterocycles. The Balaban J connectivity index is 2.45. The summed E-state index contributed by atoms with van der Waals surface area (Å²) in [4.78, 5) is 10.8. The highest BCUT2D eigenvalue weighted by atomic mass is 35.5. The summed E-state index contributed by atoms with van der Waals surface area (Å²) in [6.07, 6.45) is 0. The second-order valence-electron chi connectivity index (χ2n) is 4.37. The van der Waals surface area contributed by atoms with Crippen LogP contribution in [0.1, 0.15) is 10.4 Å². The van der Waals surface area contributed by atoms with E-state index in [-0.39, 0.29) is 16.3 Å². The number of anilines is 1. The molecule has 0 aliphatic heterocycles. The zero-order chi connectivity index (χ0) is 17.2. The van der Waals surface area contributed by atoms with Crippen LogP contribution < -0.4 is 4.72 Å². The highest BCUT2D eigenvalue weighted by Gasteiger charge is 2.22. The molecular formula is C14H10Cl2FNO4S. The van der Waals surface area contributed by atoms with Crippen LogP contribution in [0.5, 0.6) is 0 Å². The van der Waals surface area contributed by atoms with Gasteiger partial charge >= 0.3 is 5.97 Å². The first kappa shape index (κ1) is 17.5. The number of rotatable bonds is 4. The quantitative estimate of drug-likeness (QED) is 0.824. The van der Waals surface area contributed by atoms with E-state index in [1.807, 2.05) is 0 Å². The van der Waals surface area contributed by atoms with Gasteiger partial charge in [-0.2, -0.15) is 0 Å². The number of hydrogen-bond acceptors (Lipinski definition) is 4. The predicted octanol–water partition coefficient (Wildman–Crippen LogP) is 3.72. The van der Waals surface area contributed by atoms with E-state index in [1.165, 1.54) is 18.2 Å². The molecule has 0 unspecified atom stereocenters. The van der Waals surface area contributed by atoms with Gasteiger partial charge in [-0.3, -0.25) is 4.72 Å². The Bertz CT molecular complexity index is 871. The Morgan fingerprint density at radius 1 is 1.17 bits per heavy atom. The van der Waals surface area contributed by atoms with Gasteiger partial charge in [0.2, 0.25) is 0 Å². The van der Waals surface area contributed by atoms with E-state index in [9.17, 15) is 17.6 Å². The molecule has 0 spiro atoms. The van der Waals surface area contributed by atoms with Crippen LogP contribution in [0.3, 0.4) is 0 Å². The second kappa shape index (κ2) is 6.74. The van der Waals surface area contributed by atoms with Crippen molar-refractivity contribution in [3.8, 4) is 0 Å². The summed E-state index contributed by atoms with van der Waals surface area (Å²) in [6.45, 7) is 0. The standard InChI is InChI=1S/C14H10Cl2FNO4S/c1-22-14(19)8-2-4-11(17)13(6-8)23(20,21)18-12-5-3-9(15)7-10(12)16/h2-7,18H,1H3. The van der Waals surface area contributed by atoms with Crippen molar-refractivity contribution in [1.29, 1.82) is 0 Å². The second-order valence-corrected chi connectivity index (χ2v) is 6.86. The first-order valence-corrected chi connectivity index (χ1v) is 8.34. The van der Waals surface area contributed by atoms with Crippen molar-refractivity contribution in [2.75, 3.05) is 11.8 Å². The fourth-order valence-corrected chi connectivity index (χ4v) is 3.42. The van der Waals surface area contributed by atoms with Crippen LogP contribution in [0.15, 0.2) is 41.3 Å². The number of ether oxygens (including phenoxy) is 1. The molecule has 0 amide bonds. The van der Waals surface area contributed by atoms with Crippen molar-refractivity contribution in [2.24, 2.45) is 0 Å². The van der Waals surface area contributed by atoms with Crippen LogP contribution in [0.25, 0.3) is 0 Å². The van der Waals surface area contributed by atoms with Gasteiger partial charge in [0.25, 0.3) is 10.0 Å².